The number of anilines is 1. The third-order valence-corrected chi connectivity index (χ3v) is 9.30. The fourth-order valence-corrected chi connectivity index (χ4v) is 6.13. The summed E-state index contributed by atoms with van der Waals surface area (Å²) in [5, 5.41) is 3.31. The van der Waals surface area contributed by atoms with Gasteiger partial charge in [0.25, 0.3) is 10.0 Å². The van der Waals surface area contributed by atoms with Crippen LogP contribution in [0, 0.1) is 12.8 Å². The van der Waals surface area contributed by atoms with Crippen LogP contribution in [-0.4, -0.2) is 44.3 Å². The maximum absolute atomic E-state index is 14.1. The number of carbonyl (C=O) groups excluding carboxylic acids is 2. The van der Waals surface area contributed by atoms with Gasteiger partial charge in [0, 0.05) is 18.1 Å². The number of aryl methyl sites for hydroxylation is 1. The molecule has 10 heteroatoms. The molecule has 1 unspecified atom stereocenters. The third-order valence-electron chi connectivity index (χ3n) is 7.14. The molecule has 0 fully saturated rings. The Hall–Kier alpha value is -4.34. The minimum absolute atomic E-state index is 0.0110. The third kappa shape index (κ3) is 8.86. The molecule has 0 aliphatic rings. The minimum atomic E-state index is -4.20. The SMILES string of the molecule is Cc1ccc(S(=O)(=O)N(CC(=O)N(Cc2ccccc2Cl)C(C)C(=O)NCC(C)C)c2ccc(Oc3ccccc3)cc2)cc1. The average Bonchev–Trinajstić information content (AvgIpc) is 3.02. The van der Waals surface area contributed by atoms with Gasteiger partial charge in [-0.05, 0) is 79.9 Å². The predicted octanol–water partition coefficient (Wildman–Crippen LogP) is 6.83. The number of halogens is 1. The van der Waals surface area contributed by atoms with Crippen LogP contribution in [0.1, 0.15) is 31.9 Å². The molecule has 0 saturated carbocycles. The second-order valence-electron chi connectivity index (χ2n) is 11.2. The summed E-state index contributed by atoms with van der Waals surface area (Å²) >= 11 is 6.44. The fourth-order valence-electron chi connectivity index (χ4n) is 4.52. The molecule has 0 heterocycles. The van der Waals surface area contributed by atoms with E-state index >= 15 is 0 Å². The number of para-hydroxylation sites is 1. The number of amides is 2. The highest BCUT2D eigenvalue weighted by molar-refractivity contribution is 7.92. The van der Waals surface area contributed by atoms with Crippen LogP contribution < -0.4 is 14.4 Å². The normalized spacial score (nSPS) is 12.0. The summed E-state index contributed by atoms with van der Waals surface area (Å²) in [7, 11) is -4.20. The van der Waals surface area contributed by atoms with E-state index in [1.165, 1.54) is 17.0 Å². The van der Waals surface area contributed by atoms with Gasteiger partial charge in [-0.25, -0.2) is 8.42 Å². The first-order valence-corrected chi connectivity index (χ1v) is 16.5. The van der Waals surface area contributed by atoms with Crippen molar-refractivity contribution in [3.63, 3.8) is 0 Å². The standard InChI is InChI=1S/C35H38ClN3O5S/c1-25(2)22-37-35(41)27(4)38(23-28-10-8-9-13-33(28)36)34(40)24-39(45(42,43)32-20-14-26(3)15-21-32)29-16-18-31(19-17-29)44-30-11-6-5-7-12-30/h5-21,25,27H,22-24H2,1-4H3,(H,37,41). The molecule has 0 bridgehead atoms. The summed E-state index contributed by atoms with van der Waals surface area (Å²) in [4.78, 5) is 28.7. The largest absolute Gasteiger partial charge is 0.457 e. The Bertz CT molecular complexity index is 1700. The Morgan fingerprint density at radius 3 is 2.04 bits per heavy atom. The molecule has 4 rings (SSSR count). The second kappa shape index (κ2) is 15.1. The smallest absolute Gasteiger partial charge is 0.264 e. The van der Waals surface area contributed by atoms with Gasteiger partial charge < -0.3 is 15.0 Å². The van der Waals surface area contributed by atoms with Gasteiger partial charge in [-0.15, -0.1) is 0 Å². The summed E-state index contributed by atoms with van der Waals surface area (Å²) in [5.74, 6) is 0.420. The maximum Gasteiger partial charge on any atom is 0.264 e. The van der Waals surface area contributed by atoms with E-state index in [9.17, 15) is 18.0 Å². The van der Waals surface area contributed by atoms with Crippen molar-refractivity contribution in [1.82, 2.24) is 10.2 Å². The summed E-state index contributed by atoms with van der Waals surface area (Å²) in [5.41, 5.74) is 1.79. The van der Waals surface area contributed by atoms with Crippen LogP contribution in [0.2, 0.25) is 5.02 Å². The van der Waals surface area contributed by atoms with Crippen molar-refractivity contribution in [3.8, 4) is 11.5 Å². The first-order chi connectivity index (χ1) is 21.5. The first-order valence-electron chi connectivity index (χ1n) is 14.7. The quantitative estimate of drug-likeness (QED) is 0.172. The molecule has 236 valence electrons. The molecule has 4 aromatic carbocycles. The van der Waals surface area contributed by atoms with E-state index in [1.807, 2.05) is 51.1 Å². The number of carbonyl (C=O) groups is 2. The molecule has 4 aromatic rings. The fraction of sp³-hybridized carbons (Fsp3) is 0.257. The van der Waals surface area contributed by atoms with E-state index < -0.39 is 28.5 Å². The highest BCUT2D eigenvalue weighted by Gasteiger charge is 2.33. The molecule has 0 radical (unpaired) electrons. The maximum atomic E-state index is 14.1. The number of rotatable bonds is 13. The Morgan fingerprint density at radius 2 is 1.42 bits per heavy atom. The molecule has 8 nitrogen and oxygen atoms in total. The number of sulfonamides is 1. The average molecular weight is 648 g/mol. The van der Waals surface area contributed by atoms with E-state index in [0.717, 1.165) is 9.87 Å². The molecule has 0 aliphatic carbocycles. The molecule has 2 amide bonds. The minimum Gasteiger partial charge on any atom is -0.457 e. The topological polar surface area (TPSA) is 96.0 Å². The molecular formula is C35H38ClN3O5S. The second-order valence-corrected chi connectivity index (χ2v) is 13.4. The van der Waals surface area contributed by atoms with Crippen LogP contribution in [0.25, 0.3) is 0 Å². The molecule has 1 atom stereocenters. The van der Waals surface area contributed by atoms with E-state index in [-0.39, 0.29) is 29.0 Å². The zero-order valence-corrected chi connectivity index (χ0v) is 27.4. The molecule has 0 aromatic heterocycles. The van der Waals surface area contributed by atoms with E-state index in [2.05, 4.69) is 5.32 Å². The molecule has 1 N–H and O–H groups in total. The van der Waals surface area contributed by atoms with Crippen molar-refractivity contribution < 1.29 is 22.7 Å². The van der Waals surface area contributed by atoms with Gasteiger partial charge in [0.15, 0.2) is 0 Å². The number of nitrogens with zero attached hydrogens (tertiary/aromatic N) is 2. The van der Waals surface area contributed by atoms with Crippen molar-refractivity contribution in [2.45, 2.75) is 45.2 Å². The predicted molar refractivity (Wildman–Crippen MR) is 178 cm³/mol. The summed E-state index contributed by atoms with van der Waals surface area (Å²) < 4.78 is 35.1. The van der Waals surface area contributed by atoms with Crippen molar-refractivity contribution in [1.29, 1.82) is 0 Å². The summed E-state index contributed by atoms with van der Waals surface area (Å²) in [6, 6.07) is 28.3. The van der Waals surface area contributed by atoms with Gasteiger partial charge in [-0.1, -0.05) is 79.5 Å². The van der Waals surface area contributed by atoms with Gasteiger partial charge in [-0.3, -0.25) is 13.9 Å². The van der Waals surface area contributed by atoms with Crippen LogP contribution in [0.5, 0.6) is 11.5 Å². The van der Waals surface area contributed by atoms with Crippen LogP contribution in [0.4, 0.5) is 5.69 Å². The summed E-state index contributed by atoms with van der Waals surface area (Å²) in [6.07, 6.45) is 0. The number of ether oxygens (including phenoxy) is 1. The first kappa shape index (κ1) is 33.6. The van der Waals surface area contributed by atoms with Gasteiger partial charge in [-0.2, -0.15) is 0 Å². The lowest BCUT2D eigenvalue weighted by atomic mass is 10.1. The summed E-state index contributed by atoms with van der Waals surface area (Å²) in [6.45, 7) is 7.32. The van der Waals surface area contributed by atoms with E-state index in [1.54, 1.807) is 67.6 Å². The lowest BCUT2D eigenvalue weighted by molar-refractivity contribution is -0.139. The van der Waals surface area contributed by atoms with Crippen LogP contribution in [0.3, 0.4) is 0 Å². The number of benzene rings is 4. The number of hydrogen-bond acceptors (Lipinski definition) is 5. The van der Waals surface area contributed by atoms with Crippen molar-refractivity contribution in [2.24, 2.45) is 5.92 Å². The molecule has 0 saturated heterocycles. The monoisotopic (exact) mass is 647 g/mol. The van der Waals surface area contributed by atoms with Gasteiger partial charge in [0.1, 0.15) is 24.1 Å². The lowest BCUT2D eigenvalue weighted by Gasteiger charge is -2.32. The lowest BCUT2D eigenvalue weighted by Crippen LogP contribution is -2.51. The van der Waals surface area contributed by atoms with Crippen LogP contribution in [-0.2, 0) is 26.2 Å². The van der Waals surface area contributed by atoms with E-state index in [0.29, 0.717) is 28.6 Å². The number of nitrogens with one attached hydrogen (secondary N) is 1. The molecule has 0 spiro atoms. The molecular weight excluding hydrogens is 610 g/mol. The van der Waals surface area contributed by atoms with Crippen LogP contribution in [0.15, 0.2) is 108 Å². The number of hydrogen-bond donors (Lipinski definition) is 1. The Balaban J connectivity index is 1.70. The van der Waals surface area contributed by atoms with Crippen molar-refractivity contribution >= 4 is 39.1 Å². The Kier molecular flexibility index (Phi) is 11.3. The molecule has 45 heavy (non-hydrogen) atoms. The van der Waals surface area contributed by atoms with Gasteiger partial charge >= 0.3 is 0 Å². The zero-order valence-electron chi connectivity index (χ0n) is 25.8. The highest BCUT2D eigenvalue weighted by Crippen LogP contribution is 2.29. The zero-order chi connectivity index (χ0) is 32.6. The van der Waals surface area contributed by atoms with Gasteiger partial charge in [0.2, 0.25) is 11.8 Å². The molecule has 0 aliphatic heterocycles. The van der Waals surface area contributed by atoms with Crippen LogP contribution >= 0.6 is 11.6 Å². The highest BCUT2D eigenvalue weighted by atomic mass is 35.5. The van der Waals surface area contributed by atoms with Crippen molar-refractivity contribution in [3.05, 3.63) is 119 Å². The van der Waals surface area contributed by atoms with E-state index in [4.69, 9.17) is 16.3 Å². The Morgan fingerprint density at radius 1 is 0.822 bits per heavy atom. The Labute approximate surface area is 270 Å². The van der Waals surface area contributed by atoms with Gasteiger partial charge in [0.05, 0.1) is 10.6 Å². The van der Waals surface area contributed by atoms with Crippen molar-refractivity contribution in [2.75, 3.05) is 17.4 Å².